The summed E-state index contributed by atoms with van der Waals surface area (Å²) in [6, 6.07) is -0.359. The van der Waals surface area contributed by atoms with E-state index in [1.165, 1.54) is 0 Å². The van der Waals surface area contributed by atoms with Crippen molar-refractivity contribution in [1.29, 1.82) is 0 Å². The van der Waals surface area contributed by atoms with Crippen molar-refractivity contribution in [3.8, 4) is 0 Å². The van der Waals surface area contributed by atoms with Crippen LogP contribution in [0.2, 0.25) is 0 Å². The van der Waals surface area contributed by atoms with E-state index in [9.17, 15) is 29.7 Å². The quantitative estimate of drug-likeness (QED) is 0.651. The third-order valence-corrected chi connectivity index (χ3v) is 6.33. The van der Waals surface area contributed by atoms with Crippen molar-refractivity contribution in [2.45, 2.75) is 64.0 Å². The first-order valence-electron chi connectivity index (χ1n) is 9.65. The van der Waals surface area contributed by atoms with E-state index in [4.69, 9.17) is 0 Å². The van der Waals surface area contributed by atoms with Gasteiger partial charge in [-0.25, -0.2) is 8.97 Å². The number of amides is 2. The number of quaternary nitrogens is 2. The van der Waals surface area contributed by atoms with Crippen LogP contribution in [0.25, 0.3) is 0 Å². The molecule has 26 heavy (non-hydrogen) atoms. The summed E-state index contributed by atoms with van der Waals surface area (Å²) in [5, 5.41) is 29.9. The summed E-state index contributed by atoms with van der Waals surface area (Å²) in [7, 11) is 0. The second kappa shape index (κ2) is 8.45. The van der Waals surface area contributed by atoms with Gasteiger partial charge in [-0.2, -0.15) is 9.59 Å². The number of rotatable bonds is 4. The average molecular weight is 372 g/mol. The van der Waals surface area contributed by atoms with E-state index in [-0.39, 0.29) is 40.3 Å². The predicted octanol–water partition coefficient (Wildman–Crippen LogP) is 2.05. The normalized spacial score (nSPS) is 34.5. The van der Waals surface area contributed by atoms with Gasteiger partial charge in [-0.15, -0.1) is 0 Å². The molecule has 148 valence electrons. The van der Waals surface area contributed by atoms with Crippen LogP contribution in [-0.4, -0.2) is 87.1 Å². The van der Waals surface area contributed by atoms with Crippen LogP contribution in [0.3, 0.4) is 0 Å². The second-order valence-electron chi connectivity index (χ2n) is 7.86. The zero-order valence-electron chi connectivity index (χ0n) is 15.6. The zero-order chi connectivity index (χ0) is 19.4. The van der Waals surface area contributed by atoms with Gasteiger partial charge in [-0.3, -0.25) is 4.79 Å². The number of carbonyl (C=O) groups excluding carboxylic acids is 1. The van der Waals surface area contributed by atoms with Crippen LogP contribution in [0.15, 0.2) is 0 Å². The van der Waals surface area contributed by atoms with Gasteiger partial charge in [0.05, 0.1) is 38.7 Å². The summed E-state index contributed by atoms with van der Waals surface area (Å²) in [5.41, 5.74) is 0. The Hall–Kier alpha value is -1.51. The van der Waals surface area contributed by atoms with E-state index < -0.39 is 18.3 Å². The highest BCUT2D eigenvalue weighted by Gasteiger charge is 2.51. The number of likely N-dealkylation sites (tertiary alicyclic amines) is 2. The number of hydrogen-bond donors (Lipinski definition) is 3. The minimum Gasteiger partial charge on any atom is -0.435 e. The molecule has 4 unspecified atom stereocenters. The van der Waals surface area contributed by atoms with Gasteiger partial charge >= 0.3 is 12.2 Å². The van der Waals surface area contributed by atoms with Gasteiger partial charge in [-0.05, 0) is 12.8 Å². The van der Waals surface area contributed by atoms with Crippen LogP contribution in [0.4, 0.5) is 9.59 Å². The van der Waals surface area contributed by atoms with E-state index in [2.05, 4.69) is 0 Å². The first-order valence-corrected chi connectivity index (χ1v) is 9.65. The summed E-state index contributed by atoms with van der Waals surface area (Å²) in [5.74, 6) is 0.0827. The number of aliphatic hydroxyl groups is 1. The smallest absolute Gasteiger partial charge is 0.435 e. The standard InChI is InChI=1S/C18H30N2O6/c1-2-14(20(18(25)26)10-4-6-16(22)8-12-20)13-19(17(23)24)9-3-5-15(21)7-11-19/h14,16,22H,2-13H2,1H3/p+2. The van der Waals surface area contributed by atoms with Gasteiger partial charge in [0, 0.05) is 25.7 Å². The molecular weight excluding hydrogens is 340 g/mol. The van der Waals surface area contributed by atoms with Crippen molar-refractivity contribution >= 4 is 18.0 Å². The number of carboxylic acid groups (broad SMARTS) is 2. The highest BCUT2D eigenvalue weighted by molar-refractivity contribution is 5.78. The number of aliphatic hydroxyl groups excluding tert-OH is 1. The third-order valence-electron chi connectivity index (χ3n) is 6.33. The Bertz CT molecular complexity index is 554. The van der Waals surface area contributed by atoms with Gasteiger partial charge in [0.1, 0.15) is 18.4 Å². The van der Waals surface area contributed by atoms with Gasteiger partial charge < -0.3 is 15.3 Å². The number of nitrogens with zero attached hydrogens (tertiary/aromatic N) is 2. The molecule has 2 aliphatic rings. The Morgan fingerprint density at radius 3 is 2.38 bits per heavy atom. The van der Waals surface area contributed by atoms with E-state index in [1.807, 2.05) is 6.92 Å². The van der Waals surface area contributed by atoms with Crippen molar-refractivity contribution in [1.82, 2.24) is 0 Å². The first kappa shape index (κ1) is 20.8. The fourth-order valence-electron chi connectivity index (χ4n) is 4.60. The Morgan fingerprint density at radius 1 is 1.04 bits per heavy atom. The Labute approximate surface area is 154 Å². The monoisotopic (exact) mass is 372 g/mol. The second-order valence-corrected chi connectivity index (χ2v) is 7.86. The highest BCUT2D eigenvalue weighted by Crippen LogP contribution is 2.29. The van der Waals surface area contributed by atoms with Crippen LogP contribution < -0.4 is 0 Å². The van der Waals surface area contributed by atoms with Crippen LogP contribution in [0.1, 0.15) is 51.9 Å². The average Bonchev–Trinajstić information content (AvgIpc) is 2.90. The van der Waals surface area contributed by atoms with Crippen LogP contribution in [-0.2, 0) is 4.79 Å². The number of Topliss-reactive ketones (excluding diaryl/α,β-unsaturated/α-hetero) is 1. The molecule has 2 saturated heterocycles. The van der Waals surface area contributed by atoms with Gasteiger partial charge in [0.25, 0.3) is 0 Å². The van der Waals surface area contributed by atoms with E-state index >= 15 is 0 Å². The maximum absolute atomic E-state index is 12.3. The molecule has 0 spiro atoms. The molecular formula is C18H32N2O6+2. The number of carbonyl (C=O) groups is 3. The maximum atomic E-state index is 12.3. The van der Waals surface area contributed by atoms with E-state index in [0.29, 0.717) is 58.2 Å². The molecule has 2 heterocycles. The lowest BCUT2D eigenvalue weighted by atomic mass is 10.1. The Balaban J connectivity index is 2.32. The van der Waals surface area contributed by atoms with Crippen molar-refractivity contribution in [3.63, 3.8) is 0 Å². The fraction of sp³-hybridized carbons (Fsp3) is 0.833. The summed E-state index contributed by atoms with van der Waals surface area (Å²) >= 11 is 0. The van der Waals surface area contributed by atoms with Crippen LogP contribution in [0, 0.1) is 0 Å². The molecule has 0 aromatic rings. The lowest BCUT2D eigenvalue weighted by Crippen LogP contribution is -2.67. The lowest BCUT2D eigenvalue weighted by Gasteiger charge is -2.42. The molecule has 0 aromatic carbocycles. The predicted molar refractivity (Wildman–Crippen MR) is 93.7 cm³/mol. The molecule has 8 heteroatoms. The molecule has 0 bridgehead atoms. The molecule has 2 aliphatic heterocycles. The molecule has 0 radical (unpaired) electrons. The summed E-state index contributed by atoms with van der Waals surface area (Å²) in [4.78, 5) is 36.2. The highest BCUT2D eigenvalue weighted by atomic mass is 16.4. The number of ketones is 1. The number of hydrogen-bond acceptors (Lipinski definition) is 4. The SMILES string of the molecule is CCC(C[N+]1(C(=O)O)CCCC(=O)CC1)[N+]1(C(=O)O)CCCC(O)CC1. The van der Waals surface area contributed by atoms with Crippen molar-refractivity contribution in [3.05, 3.63) is 0 Å². The Morgan fingerprint density at radius 2 is 1.77 bits per heavy atom. The molecule has 0 saturated carbocycles. The lowest BCUT2D eigenvalue weighted by molar-refractivity contribution is -0.931. The minimum absolute atomic E-state index is 0.0827. The van der Waals surface area contributed by atoms with E-state index in [1.54, 1.807) is 0 Å². The topological polar surface area (TPSA) is 112 Å². The molecule has 2 amide bonds. The first-order chi connectivity index (χ1) is 12.3. The zero-order valence-corrected chi connectivity index (χ0v) is 15.6. The van der Waals surface area contributed by atoms with Crippen LogP contribution in [0.5, 0.6) is 0 Å². The van der Waals surface area contributed by atoms with Crippen molar-refractivity contribution in [2.24, 2.45) is 0 Å². The molecule has 8 nitrogen and oxygen atoms in total. The van der Waals surface area contributed by atoms with Gasteiger partial charge in [-0.1, -0.05) is 6.92 Å². The fourth-order valence-corrected chi connectivity index (χ4v) is 4.60. The van der Waals surface area contributed by atoms with Gasteiger partial charge in [0.15, 0.2) is 0 Å². The van der Waals surface area contributed by atoms with Crippen molar-refractivity contribution < 1.29 is 38.7 Å². The molecule has 4 atom stereocenters. The maximum Gasteiger partial charge on any atom is 0.513 e. The molecule has 2 rings (SSSR count). The van der Waals surface area contributed by atoms with Gasteiger partial charge in [0.2, 0.25) is 0 Å². The van der Waals surface area contributed by atoms with Crippen LogP contribution >= 0.6 is 0 Å². The molecule has 0 aliphatic carbocycles. The largest absolute Gasteiger partial charge is 0.513 e. The minimum atomic E-state index is -0.975. The van der Waals surface area contributed by atoms with Crippen molar-refractivity contribution in [2.75, 3.05) is 32.7 Å². The third kappa shape index (κ3) is 4.24. The molecule has 3 N–H and O–H groups in total. The molecule has 2 fully saturated rings. The van der Waals surface area contributed by atoms with E-state index in [0.717, 1.165) is 0 Å². The summed E-state index contributed by atoms with van der Waals surface area (Å²) in [6.07, 6.45) is 0.879. The summed E-state index contributed by atoms with van der Waals surface area (Å²) < 4.78 is -0.422. The molecule has 0 aromatic heterocycles. The Kier molecular flexibility index (Phi) is 6.76. The summed E-state index contributed by atoms with van der Waals surface area (Å²) in [6.45, 7) is 3.42.